The minimum atomic E-state index is -0.348. The molecule has 11 heteroatoms. The minimum Gasteiger partial charge on any atom is -0.396 e. The Hall–Kier alpha value is -1.99. The second-order valence-corrected chi connectivity index (χ2v) is 12.5. The lowest BCUT2D eigenvalue weighted by Gasteiger charge is -2.46. The van der Waals surface area contributed by atoms with Crippen LogP contribution in [0.2, 0.25) is 0 Å². The van der Waals surface area contributed by atoms with Crippen molar-refractivity contribution in [2.75, 3.05) is 89.6 Å². The minimum absolute atomic E-state index is 0.0187. The predicted octanol–water partition coefficient (Wildman–Crippen LogP) is 5.35. The van der Waals surface area contributed by atoms with Crippen LogP contribution in [0.15, 0.2) is 12.1 Å². The number of nitrogens with one attached hydrogen (secondary N) is 2. The van der Waals surface area contributed by atoms with Gasteiger partial charge < -0.3 is 39.8 Å². The smallest absolute Gasteiger partial charge is 0.319 e. The van der Waals surface area contributed by atoms with Crippen LogP contribution in [0, 0.1) is 0 Å². The summed E-state index contributed by atoms with van der Waals surface area (Å²) in [6.07, 6.45) is 6.95. The number of anilines is 2. The fourth-order valence-corrected chi connectivity index (χ4v) is 5.46. The molecular formula is C34H61N3O8. The molecule has 260 valence electrons. The van der Waals surface area contributed by atoms with Gasteiger partial charge in [0.2, 0.25) is 0 Å². The molecule has 11 nitrogen and oxygen atoms in total. The number of nitrogens with zero attached hydrogens (tertiary/aromatic N) is 1. The highest BCUT2D eigenvalue weighted by Crippen LogP contribution is 2.46. The molecule has 1 atom stereocenters. The molecule has 2 amide bonds. The Morgan fingerprint density at radius 3 is 2.11 bits per heavy atom. The number of aliphatic hydroxyl groups is 2. The molecular weight excluding hydrogens is 578 g/mol. The van der Waals surface area contributed by atoms with Gasteiger partial charge in [0.1, 0.15) is 0 Å². The predicted molar refractivity (Wildman–Crippen MR) is 178 cm³/mol. The number of unbranched alkanes of at least 4 members (excludes halogenated alkanes) is 4. The molecule has 1 heterocycles. The number of benzene rings is 1. The fraction of sp³-hybridized carbons (Fsp3) is 0.794. The summed E-state index contributed by atoms with van der Waals surface area (Å²) < 4.78 is 22.1. The van der Waals surface area contributed by atoms with Crippen LogP contribution in [0.4, 0.5) is 16.2 Å². The molecule has 4 N–H and O–H groups in total. The number of hydrogen-bond donors (Lipinski definition) is 4. The summed E-state index contributed by atoms with van der Waals surface area (Å²) in [6, 6.07) is 3.91. The quantitative estimate of drug-likeness (QED) is 0.105. The summed E-state index contributed by atoms with van der Waals surface area (Å²) in [6.45, 7) is 15.9. The third-order valence-corrected chi connectivity index (χ3v) is 7.81. The number of hydroxylamine groups is 1. The maximum Gasteiger partial charge on any atom is 0.319 e. The molecule has 0 saturated carbocycles. The number of urea groups is 1. The maximum absolute atomic E-state index is 12.7. The summed E-state index contributed by atoms with van der Waals surface area (Å²) >= 11 is 0. The van der Waals surface area contributed by atoms with Crippen molar-refractivity contribution in [3.05, 3.63) is 23.3 Å². The summed E-state index contributed by atoms with van der Waals surface area (Å²) in [4.78, 5) is 19.1. The van der Waals surface area contributed by atoms with E-state index in [1.807, 2.05) is 11.1 Å². The van der Waals surface area contributed by atoms with Crippen molar-refractivity contribution in [3.8, 4) is 0 Å². The highest BCUT2D eigenvalue weighted by Gasteiger charge is 2.40. The van der Waals surface area contributed by atoms with Crippen LogP contribution in [-0.2, 0) is 23.8 Å². The number of carbonyl (C=O) groups is 1. The Morgan fingerprint density at radius 1 is 0.889 bits per heavy atom. The van der Waals surface area contributed by atoms with Gasteiger partial charge in [-0.15, -0.1) is 0 Å². The number of rotatable bonds is 25. The number of aliphatic hydroxyl groups excluding tert-OH is 2. The van der Waals surface area contributed by atoms with E-state index in [9.17, 15) is 9.90 Å². The highest BCUT2D eigenvalue weighted by molar-refractivity contribution is 5.91. The lowest BCUT2D eigenvalue weighted by molar-refractivity contribution is -0.0121. The molecule has 45 heavy (non-hydrogen) atoms. The molecule has 0 saturated heterocycles. The van der Waals surface area contributed by atoms with Gasteiger partial charge in [-0.3, -0.25) is 4.84 Å². The second kappa shape index (κ2) is 22.5. The van der Waals surface area contributed by atoms with E-state index in [-0.39, 0.29) is 36.6 Å². The lowest BCUT2D eigenvalue weighted by Crippen LogP contribution is -2.49. The molecule has 0 bridgehead atoms. The van der Waals surface area contributed by atoms with Crippen LogP contribution in [0.3, 0.4) is 0 Å². The first-order valence-electron chi connectivity index (χ1n) is 16.9. The Bertz CT molecular complexity index is 946. The van der Waals surface area contributed by atoms with Gasteiger partial charge in [-0.2, -0.15) is 0 Å². The zero-order valence-electron chi connectivity index (χ0n) is 28.5. The van der Waals surface area contributed by atoms with Gasteiger partial charge in [0.15, 0.2) is 0 Å². The Balaban J connectivity index is 1.84. The van der Waals surface area contributed by atoms with Crippen molar-refractivity contribution in [1.82, 2.24) is 5.32 Å². The zero-order valence-corrected chi connectivity index (χ0v) is 28.5. The molecule has 0 aromatic heterocycles. The van der Waals surface area contributed by atoms with E-state index in [2.05, 4.69) is 51.3 Å². The first-order valence-corrected chi connectivity index (χ1v) is 16.9. The second-order valence-electron chi connectivity index (χ2n) is 12.5. The zero-order chi connectivity index (χ0) is 32.9. The Kier molecular flexibility index (Phi) is 19.6. The third kappa shape index (κ3) is 14.5. The molecule has 1 aliphatic rings. The van der Waals surface area contributed by atoms with Crippen molar-refractivity contribution in [1.29, 1.82) is 0 Å². The van der Waals surface area contributed by atoms with Gasteiger partial charge >= 0.3 is 6.03 Å². The average Bonchev–Trinajstić information content (AvgIpc) is 3.01. The number of ether oxygens (including phenoxy) is 4. The largest absolute Gasteiger partial charge is 0.396 e. The van der Waals surface area contributed by atoms with E-state index < -0.39 is 0 Å². The first kappa shape index (κ1) is 39.2. The summed E-state index contributed by atoms with van der Waals surface area (Å²) in [7, 11) is 0. The normalized spacial score (nSPS) is 15.8. The van der Waals surface area contributed by atoms with Crippen molar-refractivity contribution in [2.45, 2.75) is 96.9 Å². The Labute approximate surface area is 271 Å². The first-order chi connectivity index (χ1) is 21.7. The number of fused-ring (bicyclic) bond motifs is 1. The molecule has 0 aliphatic carbocycles. The molecule has 1 aromatic carbocycles. The Morgan fingerprint density at radius 2 is 1.51 bits per heavy atom. The number of amides is 2. The maximum atomic E-state index is 12.7. The number of hydrogen-bond acceptors (Lipinski definition) is 9. The van der Waals surface area contributed by atoms with Crippen molar-refractivity contribution in [3.63, 3.8) is 0 Å². The fourth-order valence-electron chi connectivity index (χ4n) is 5.46. The molecule has 0 fully saturated rings. The van der Waals surface area contributed by atoms with E-state index in [4.69, 9.17) is 28.9 Å². The van der Waals surface area contributed by atoms with E-state index in [1.165, 1.54) is 6.42 Å². The molecule has 0 radical (unpaired) electrons. The summed E-state index contributed by atoms with van der Waals surface area (Å²) in [5.41, 5.74) is 3.33. The van der Waals surface area contributed by atoms with E-state index >= 15 is 0 Å². The summed E-state index contributed by atoms with van der Waals surface area (Å²) in [5, 5.41) is 27.0. The number of carbonyl (C=O) groups excluding carboxylic acids is 1. The molecule has 0 spiro atoms. The van der Waals surface area contributed by atoms with Gasteiger partial charge in [-0.05, 0) is 68.7 Å². The van der Waals surface area contributed by atoms with Crippen molar-refractivity contribution >= 4 is 17.4 Å². The van der Waals surface area contributed by atoms with Crippen LogP contribution < -0.4 is 15.7 Å². The SMILES string of the molecule is CCCCCCNC(=O)Nc1cc2c(cc1C(C)C)N(OCCOCCOCCCCOCCOCCO)C(C)(C)CC2CO. The highest BCUT2D eigenvalue weighted by atomic mass is 16.7. The van der Waals surface area contributed by atoms with Crippen molar-refractivity contribution in [2.24, 2.45) is 0 Å². The van der Waals surface area contributed by atoms with Crippen LogP contribution >= 0.6 is 0 Å². The van der Waals surface area contributed by atoms with Crippen LogP contribution in [0.25, 0.3) is 0 Å². The standard InChI is InChI=1S/C34H61N3O8/c1-6-7-8-9-12-35-33(40)36-31-23-30-28(26-39)25-34(4,5)37(32(30)24-29(31)27(2)3)45-22-21-44-20-18-42-15-11-10-14-41-17-19-43-16-13-38/h23-24,27-28,38-39H,6-22,25-26H2,1-5H3,(H2,35,36,40). The van der Waals surface area contributed by atoms with E-state index in [0.717, 1.165) is 54.6 Å². The molecule has 1 aliphatic heterocycles. The average molecular weight is 640 g/mol. The van der Waals surface area contributed by atoms with Gasteiger partial charge in [-0.1, -0.05) is 40.0 Å². The molecule has 1 aromatic rings. The van der Waals surface area contributed by atoms with Crippen LogP contribution in [0.5, 0.6) is 0 Å². The van der Waals surface area contributed by atoms with E-state index in [0.29, 0.717) is 72.4 Å². The van der Waals surface area contributed by atoms with Gasteiger partial charge in [0.25, 0.3) is 0 Å². The van der Waals surface area contributed by atoms with Crippen LogP contribution in [-0.4, -0.2) is 101 Å². The van der Waals surface area contributed by atoms with Crippen molar-refractivity contribution < 1.29 is 38.8 Å². The third-order valence-electron chi connectivity index (χ3n) is 7.81. The molecule has 1 unspecified atom stereocenters. The van der Waals surface area contributed by atoms with Gasteiger partial charge in [0.05, 0.1) is 70.7 Å². The summed E-state index contributed by atoms with van der Waals surface area (Å²) in [5.74, 6) is 0.0991. The molecule has 2 rings (SSSR count). The van der Waals surface area contributed by atoms with E-state index in [1.54, 1.807) is 0 Å². The van der Waals surface area contributed by atoms with Gasteiger partial charge in [0, 0.05) is 31.4 Å². The van der Waals surface area contributed by atoms with Gasteiger partial charge in [-0.25, -0.2) is 9.86 Å². The monoisotopic (exact) mass is 639 g/mol. The lowest BCUT2D eigenvalue weighted by atomic mass is 9.79. The topological polar surface area (TPSA) is 131 Å². The van der Waals surface area contributed by atoms with Crippen LogP contribution in [0.1, 0.15) is 103 Å².